The smallest absolute Gasteiger partial charge is 0.343 e. The van der Waals surface area contributed by atoms with E-state index in [9.17, 15) is 10.1 Å². The molecular weight excluding hydrogens is 484 g/mol. The highest BCUT2D eigenvalue weighted by molar-refractivity contribution is 9.10. The van der Waals surface area contributed by atoms with Gasteiger partial charge in [-0.05, 0) is 17.7 Å². The lowest BCUT2D eigenvalue weighted by Crippen LogP contribution is -2.32. The number of pyridine rings is 1. The van der Waals surface area contributed by atoms with Gasteiger partial charge in [0.25, 0.3) is 0 Å². The van der Waals surface area contributed by atoms with Crippen molar-refractivity contribution >= 4 is 45.2 Å². The first-order valence-corrected chi connectivity index (χ1v) is 9.69. The van der Waals surface area contributed by atoms with Gasteiger partial charge in [-0.1, -0.05) is 15.9 Å². The number of nitrogens with two attached hydrogens (primary N) is 2. The molecule has 6 N–H and O–H groups in total. The fourth-order valence-electron chi connectivity index (χ4n) is 3.03. The van der Waals surface area contributed by atoms with Crippen molar-refractivity contribution < 1.29 is 19.0 Å². The minimum absolute atomic E-state index is 0.0172. The van der Waals surface area contributed by atoms with Gasteiger partial charge in [-0.2, -0.15) is 10.5 Å². The fourth-order valence-corrected chi connectivity index (χ4v) is 3.57. The molecule has 0 fully saturated rings. The Balaban J connectivity index is 2.17. The Kier molecular flexibility index (Phi) is 6.51. The van der Waals surface area contributed by atoms with Crippen molar-refractivity contribution in [3.05, 3.63) is 33.3 Å². The summed E-state index contributed by atoms with van der Waals surface area (Å²) in [5.41, 5.74) is 13.2. The number of nitriles is 2. The molecule has 1 unspecified atom stereocenters. The number of nitrogens with zero attached hydrogens (tertiary/aromatic N) is 4. The SMILES string of the molecule is COC(=O)COc1cc(Br)c(C2N=C(NC#N)Nc3nc(N)c(C#N)c(N)c32)cc1OC. The van der Waals surface area contributed by atoms with Gasteiger partial charge < -0.3 is 31.0 Å². The molecule has 2 aromatic rings. The van der Waals surface area contributed by atoms with E-state index in [4.69, 9.17) is 26.2 Å². The van der Waals surface area contributed by atoms with Crippen LogP contribution in [-0.2, 0) is 9.53 Å². The fraction of sp³-hybridized carbons (Fsp3) is 0.211. The Morgan fingerprint density at radius 2 is 2.06 bits per heavy atom. The summed E-state index contributed by atoms with van der Waals surface area (Å²) in [7, 11) is 2.69. The summed E-state index contributed by atoms with van der Waals surface area (Å²) in [5, 5.41) is 23.7. The lowest BCUT2D eigenvalue weighted by atomic mass is 9.95. The van der Waals surface area contributed by atoms with Crippen LogP contribution in [0.1, 0.15) is 22.7 Å². The number of carbonyl (C=O) groups excluding carboxylic acids is 1. The number of aliphatic imine (C=N–C) groups is 1. The lowest BCUT2D eigenvalue weighted by Gasteiger charge is -2.27. The summed E-state index contributed by atoms with van der Waals surface area (Å²) in [6.45, 7) is -0.315. The van der Waals surface area contributed by atoms with Gasteiger partial charge in [0.1, 0.15) is 29.3 Å². The molecule has 3 rings (SSSR count). The zero-order valence-corrected chi connectivity index (χ0v) is 18.5. The van der Waals surface area contributed by atoms with Gasteiger partial charge in [0.15, 0.2) is 24.3 Å². The highest BCUT2D eigenvalue weighted by Crippen LogP contribution is 2.45. The topological polar surface area (TPSA) is 194 Å². The molecule has 1 atom stereocenters. The Morgan fingerprint density at radius 3 is 2.69 bits per heavy atom. The van der Waals surface area contributed by atoms with E-state index in [1.54, 1.807) is 18.3 Å². The molecule has 0 aliphatic carbocycles. The van der Waals surface area contributed by atoms with E-state index in [1.165, 1.54) is 14.2 Å². The van der Waals surface area contributed by atoms with E-state index in [0.717, 1.165) is 0 Å². The van der Waals surface area contributed by atoms with Crippen LogP contribution < -0.4 is 31.6 Å². The van der Waals surface area contributed by atoms with Gasteiger partial charge >= 0.3 is 5.97 Å². The minimum atomic E-state index is -0.791. The van der Waals surface area contributed by atoms with Crippen molar-refractivity contribution in [1.29, 1.82) is 10.5 Å². The second kappa shape index (κ2) is 9.28. The van der Waals surface area contributed by atoms with Crippen LogP contribution in [0.3, 0.4) is 0 Å². The van der Waals surface area contributed by atoms with Crippen LogP contribution in [0.15, 0.2) is 21.6 Å². The normalized spacial score (nSPS) is 14.0. The Hall–Kier alpha value is -4.23. The summed E-state index contributed by atoms with van der Waals surface area (Å²) >= 11 is 3.48. The van der Waals surface area contributed by atoms with E-state index in [2.05, 4.69) is 41.3 Å². The van der Waals surface area contributed by atoms with Gasteiger partial charge in [-0.3, -0.25) is 5.32 Å². The molecule has 1 aliphatic rings. The molecule has 12 nitrogen and oxygen atoms in total. The molecular formula is C19H17BrN8O4. The molecule has 2 heterocycles. The summed E-state index contributed by atoms with van der Waals surface area (Å²) in [4.78, 5) is 20.1. The van der Waals surface area contributed by atoms with Crippen molar-refractivity contribution in [2.45, 2.75) is 6.04 Å². The number of esters is 1. The minimum Gasteiger partial charge on any atom is -0.493 e. The maximum absolute atomic E-state index is 11.4. The zero-order chi connectivity index (χ0) is 23.4. The van der Waals surface area contributed by atoms with Crippen LogP contribution in [0.2, 0.25) is 0 Å². The maximum atomic E-state index is 11.4. The summed E-state index contributed by atoms with van der Waals surface area (Å²) < 4.78 is 16.0. The number of anilines is 3. The second-order valence-corrected chi connectivity index (χ2v) is 7.15. The molecule has 1 aliphatic heterocycles. The number of guanidine groups is 1. The molecule has 32 heavy (non-hydrogen) atoms. The number of hydrogen-bond donors (Lipinski definition) is 4. The third-order valence-corrected chi connectivity index (χ3v) is 5.20. The monoisotopic (exact) mass is 500 g/mol. The summed E-state index contributed by atoms with van der Waals surface area (Å²) in [5.74, 6) is 0.322. The molecule has 0 amide bonds. The molecule has 0 radical (unpaired) electrons. The molecule has 1 aromatic heterocycles. The van der Waals surface area contributed by atoms with Crippen LogP contribution in [0, 0.1) is 22.8 Å². The summed E-state index contributed by atoms with van der Waals surface area (Å²) in [6, 6.07) is 4.38. The third kappa shape index (κ3) is 4.14. The number of benzene rings is 1. The number of methoxy groups -OCH3 is 2. The van der Waals surface area contributed by atoms with Gasteiger partial charge in [0.05, 0.1) is 19.9 Å². The average Bonchev–Trinajstić information content (AvgIpc) is 2.77. The van der Waals surface area contributed by atoms with Gasteiger partial charge in [0.2, 0.25) is 5.96 Å². The Labute approximate surface area is 190 Å². The quantitative estimate of drug-likeness (QED) is 0.263. The number of aromatic nitrogens is 1. The lowest BCUT2D eigenvalue weighted by molar-refractivity contribution is -0.142. The molecule has 0 saturated carbocycles. The molecule has 0 saturated heterocycles. The van der Waals surface area contributed by atoms with E-state index in [0.29, 0.717) is 21.3 Å². The van der Waals surface area contributed by atoms with Crippen molar-refractivity contribution in [3.8, 4) is 23.8 Å². The van der Waals surface area contributed by atoms with Crippen LogP contribution in [0.4, 0.5) is 17.3 Å². The Morgan fingerprint density at radius 1 is 1.31 bits per heavy atom. The summed E-state index contributed by atoms with van der Waals surface area (Å²) in [6.07, 6.45) is 1.79. The van der Waals surface area contributed by atoms with E-state index in [-0.39, 0.29) is 41.2 Å². The van der Waals surface area contributed by atoms with Crippen LogP contribution in [0.5, 0.6) is 11.5 Å². The highest BCUT2D eigenvalue weighted by atomic mass is 79.9. The Bertz CT molecular complexity index is 1200. The number of nitrogen functional groups attached to an aromatic ring is 2. The number of hydrogen-bond acceptors (Lipinski definition) is 12. The van der Waals surface area contributed by atoms with E-state index in [1.807, 2.05) is 6.07 Å². The number of ether oxygens (including phenoxy) is 3. The number of carbonyl (C=O) groups is 1. The standard InChI is InChI=1S/C19H17BrN8O4/c1-30-11-3-8(10(20)4-12(11)32-6-13(29)31-2)16-14-15(23)9(5-21)17(24)27-18(14)28-19(26-16)25-7-22/h3-4,16H,6H2,1-2H3,(H6,23,24,25,26,27,28). The molecule has 0 bridgehead atoms. The molecule has 0 spiro atoms. The van der Waals surface area contributed by atoms with Gasteiger partial charge in [0, 0.05) is 10.0 Å². The number of fused-ring (bicyclic) bond motifs is 1. The van der Waals surface area contributed by atoms with Crippen LogP contribution in [-0.4, -0.2) is 37.7 Å². The largest absolute Gasteiger partial charge is 0.493 e. The second-order valence-electron chi connectivity index (χ2n) is 6.29. The first kappa shape index (κ1) is 22.5. The first-order chi connectivity index (χ1) is 15.3. The van der Waals surface area contributed by atoms with Crippen LogP contribution in [0.25, 0.3) is 0 Å². The molecule has 13 heteroatoms. The van der Waals surface area contributed by atoms with E-state index >= 15 is 0 Å². The van der Waals surface area contributed by atoms with E-state index < -0.39 is 12.0 Å². The van der Waals surface area contributed by atoms with Crippen molar-refractivity contribution in [1.82, 2.24) is 10.3 Å². The van der Waals surface area contributed by atoms with Crippen molar-refractivity contribution in [2.24, 2.45) is 4.99 Å². The number of halogens is 1. The number of rotatable bonds is 5. The van der Waals surface area contributed by atoms with Crippen LogP contribution >= 0.6 is 15.9 Å². The number of nitrogens with one attached hydrogen (secondary N) is 2. The van der Waals surface area contributed by atoms with Crippen molar-refractivity contribution in [3.63, 3.8) is 0 Å². The maximum Gasteiger partial charge on any atom is 0.343 e. The first-order valence-electron chi connectivity index (χ1n) is 8.90. The zero-order valence-electron chi connectivity index (χ0n) is 16.9. The van der Waals surface area contributed by atoms with Gasteiger partial charge in [-0.25, -0.2) is 14.8 Å². The highest BCUT2D eigenvalue weighted by Gasteiger charge is 2.31. The molecule has 164 valence electrons. The van der Waals surface area contributed by atoms with Crippen molar-refractivity contribution in [2.75, 3.05) is 37.6 Å². The average molecular weight is 501 g/mol. The van der Waals surface area contributed by atoms with Gasteiger partial charge in [-0.15, -0.1) is 0 Å². The third-order valence-electron chi connectivity index (χ3n) is 4.51. The predicted octanol–water partition coefficient (Wildman–Crippen LogP) is 1.38. The predicted molar refractivity (Wildman–Crippen MR) is 118 cm³/mol. The molecule has 1 aromatic carbocycles.